The highest BCUT2D eigenvalue weighted by atomic mass is 16.5. The lowest BCUT2D eigenvalue weighted by Gasteiger charge is -2.07. The summed E-state index contributed by atoms with van der Waals surface area (Å²) in [5.74, 6) is 1.28. The monoisotopic (exact) mass is 241 g/mol. The van der Waals surface area contributed by atoms with Crippen molar-refractivity contribution in [2.24, 2.45) is 0 Å². The van der Waals surface area contributed by atoms with Gasteiger partial charge in [0.15, 0.2) is 0 Å². The third-order valence-corrected chi connectivity index (χ3v) is 1.88. The van der Waals surface area contributed by atoms with Gasteiger partial charge in [0.2, 0.25) is 5.88 Å². The predicted molar refractivity (Wildman–Crippen MR) is 64.2 cm³/mol. The molecule has 17 heavy (non-hydrogen) atoms. The van der Waals surface area contributed by atoms with Crippen molar-refractivity contribution >= 4 is 5.82 Å². The van der Waals surface area contributed by atoms with Crippen LogP contribution >= 0.6 is 0 Å². The second-order valence-electron chi connectivity index (χ2n) is 3.35. The first-order valence-corrected chi connectivity index (χ1v) is 5.74. The Labute approximate surface area is 101 Å². The Balaban J connectivity index is 2.27. The molecule has 0 unspecified atom stereocenters. The number of anilines is 1. The van der Waals surface area contributed by atoms with Gasteiger partial charge in [-0.25, -0.2) is 9.97 Å². The van der Waals surface area contributed by atoms with Crippen LogP contribution in [0.2, 0.25) is 0 Å². The van der Waals surface area contributed by atoms with Crippen LogP contribution in [-0.4, -0.2) is 48.0 Å². The van der Waals surface area contributed by atoms with E-state index in [1.165, 1.54) is 6.33 Å². The second kappa shape index (κ2) is 8.72. The number of rotatable bonds is 9. The highest BCUT2D eigenvalue weighted by Crippen LogP contribution is 2.10. The molecule has 1 heterocycles. The van der Waals surface area contributed by atoms with Gasteiger partial charge in [0.1, 0.15) is 12.1 Å². The van der Waals surface area contributed by atoms with Gasteiger partial charge in [-0.3, -0.25) is 0 Å². The van der Waals surface area contributed by atoms with Crippen molar-refractivity contribution in [2.75, 3.05) is 38.3 Å². The lowest BCUT2D eigenvalue weighted by molar-refractivity contribution is 0.0992. The van der Waals surface area contributed by atoms with Crippen molar-refractivity contribution in [1.82, 2.24) is 9.97 Å². The van der Waals surface area contributed by atoms with Crippen LogP contribution in [0, 0.1) is 0 Å². The first kappa shape index (κ1) is 13.7. The molecule has 0 saturated heterocycles. The maximum Gasteiger partial charge on any atom is 0.218 e. The molecule has 0 bridgehead atoms. The van der Waals surface area contributed by atoms with Gasteiger partial charge in [0.25, 0.3) is 0 Å². The summed E-state index contributed by atoms with van der Waals surface area (Å²) in [4.78, 5) is 8.06. The minimum Gasteiger partial charge on any atom is -0.478 e. The molecule has 2 N–H and O–H groups in total. The van der Waals surface area contributed by atoms with E-state index in [2.05, 4.69) is 15.3 Å². The molecule has 0 radical (unpaired) electrons. The molecule has 0 aromatic carbocycles. The predicted octanol–water partition coefficient (Wildman–Crippen LogP) is 0.686. The van der Waals surface area contributed by atoms with Gasteiger partial charge < -0.3 is 19.9 Å². The Hall–Kier alpha value is -1.40. The summed E-state index contributed by atoms with van der Waals surface area (Å²) in [6.45, 7) is 4.24. The summed E-state index contributed by atoms with van der Waals surface area (Å²) in [5, 5.41) is 11.6. The third kappa shape index (κ3) is 6.03. The fourth-order valence-corrected chi connectivity index (χ4v) is 1.14. The normalized spacial score (nSPS) is 10.2. The summed E-state index contributed by atoms with van der Waals surface area (Å²) in [5.41, 5.74) is 0. The number of aliphatic hydroxyl groups excluding tert-OH is 1. The number of aromatic nitrogens is 2. The fourth-order valence-electron chi connectivity index (χ4n) is 1.14. The largest absolute Gasteiger partial charge is 0.478 e. The highest BCUT2D eigenvalue weighted by molar-refractivity contribution is 5.36. The van der Waals surface area contributed by atoms with E-state index in [1.54, 1.807) is 6.07 Å². The summed E-state index contributed by atoms with van der Waals surface area (Å²) >= 11 is 0. The summed E-state index contributed by atoms with van der Waals surface area (Å²) in [6.07, 6.45) is 2.41. The van der Waals surface area contributed by atoms with E-state index in [1.807, 2.05) is 6.92 Å². The SMILES string of the molecule is CCCOc1cc(NCCOCCO)ncn1. The number of nitrogens with one attached hydrogen (secondary N) is 1. The maximum absolute atomic E-state index is 8.52. The quantitative estimate of drug-likeness (QED) is 0.619. The van der Waals surface area contributed by atoms with Crippen molar-refractivity contribution in [2.45, 2.75) is 13.3 Å². The Kier molecular flexibility index (Phi) is 7.01. The molecule has 0 spiro atoms. The minimum atomic E-state index is 0.0442. The summed E-state index contributed by atoms with van der Waals surface area (Å²) in [7, 11) is 0. The Morgan fingerprint density at radius 2 is 2.18 bits per heavy atom. The smallest absolute Gasteiger partial charge is 0.218 e. The topological polar surface area (TPSA) is 76.5 Å². The average Bonchev–Trinajstić information content (AvgIpc) is 2.37. The van der Waals surface area contributed by atoms with E-state index in [9.17, 15) is 0 Å². The first-order chi connectivity index (χ1) is 8.36. The highest BCUT2D eigenvalue weighted by Gasteiger charge is 1.98. The van der Waals surface area contributed by atoms with Crippen molar-refractivity contribution in [3.8, 4) is 5.88 Å². The number of aliphatic hydroxyl groups is 1. The van der Waals surface area contributed by atoms with Crippen molar-refractivity contribution in [1.29, 1.82) is 0 Å². The van der Waals surface area contributed by atoms with Crippen LogP contribution in [0.5, 0.6) is 5.88 Å². The lowest BCUT2D eigenvalue weighted by atomic mass is 10.5. The van der Waals surface area contributed by atoms with Gasteiger partial charge in [0, 0.05) is 12.6 Å². The van der Waals surface area contributed by atoms with E-state index in [0.717, 1.165) is 6.42 Å². The standard InChI is InChI=1S/C11H19N3O3/c1-2-5-17-11-8-10(13-9-14-11)12-3-6-16-7-4-15/h8-9,15H,2-7H2,1H3,(H,12,13,14). The zero-order chi connectivity index (χ0) is 12.3. The molecule has 1 aromatic heterocycles. The molecule has 0 saturated carbocycles. The molecule has 0 aliphatic rings. The van der Waals surface area contributed by atoms with Crippen LogP contribution in [0.3, 0.4) is 0 Å². The van der Waals surface area contributed by atoms with E-state index >= 15 is 0 Å². The lowest BCUT2D eigenvalue weighted by Crippen LogP contribution is -2.12. The molecule has 0 fully saturated rings. The Morgan fingerprint density at radius 1 is 1.29 bits per heavy atom. The fraction of sp³-hybridized carbons (Fsp3) is 0.636. The maximum atomic E-state index is 8.52. The van der Waals surface area contributed by atoms with Crippen molar-refractivity contribution < 1.29 is 14.6 Å². The second-order valence-corrected chi connectivity index (χ2v) is 3.35. The van der Waals surface area contributed by atoms with Gasteiger partial charge in [0.05, 0.1) is 26.4 Å². The number of nitrogens with zero attached hydrogens (tertiary/aromatic N) is 2. The Morgan fingerprint density at radius 3 is 2.94 bits per heavy atom. The third-order valence-electron chi connectivity index (χ3n) is 1.88. The van der Waals surface area contributed by atoms with Crippen LogP contribution in [0.1, 0.15) is 13.3 Å². The van der Waals surface area contributed by atoms with Gasteiger partial charge >= 0.3 is 0 Å². The molecule has 0 amide bonds. The van der Waals surface area contributed by atoms with Gasteiger partial charge in [-0.2, -0.15) is 0 Å². The zero-order valence-electron chi connectivity index (χ0n) is 10.1. The molecule has 1 aromatic rings. The van der Waals surface area contributed by atoms with Crippen LogP contribution < -0.4 is 10.1 Å². The van der Waals surface area contributed by atoms with Crippen molar-refractivity contribution in [3.05, 3.63) is 12.4 Å². The summed E-state index contributed by atoms with van der Waals surface area (Å²) in [6, 6.07) is 1.75. The first-order valence-electron chi connectivity index (χ1n) is 5.74. The number of ether oxygens (including phenoxy) is 2. The van der Waals surface area contributed by atoms with Gasteiger partial charge in [-0.15, -0.1) is 0 Å². The van der Waals surface area contributed by atoms with Crippen molar-refractivity contribution in [3.63, 3.8) is 0 Å². The van der Waals surface area contributed by atoms with E-state index < -0.39 is 0 Å². The van der Waals surface area contributed by atoms with Gasteiger partial charge in [-0.05, 0) is 6.42 Å². The molecular weight excluding hydrogens is 222 g/mol. The van der Waals surface area contributed by atoms with E-state index in [-0.39, 0.29) is 6.61 Å². The molecule has 6 heteroatoms. The number of hydrogen-bond donors (Lipinski definition) is 2. The van der Waals surface area contributed by atoms with Crippen LogP contribution in [0.25, 0.3) is 0 Å². The van der Waals surface area contributed by atoms with Crippen LogP contribution in [0.4, 0.5) is 5.82 Å². The molecule has 1 rings (SSSR count). The minimum absolute atomic E-state index is 0.0442. The van der Waals surface area contributed by atoms with Crippen LogP contribution in [0.15, 0.2) is 12.4 Å². The molecule has 96 valence electrons. The van der Waals surface area contributed by atoms with E-state index in [4.69, 9.17) is 14.6 Å². The average molecular weight is 241 g/mol. The van der Waals surface area contributed by atoms with Gasteiger partial charge in [-0.1, -0.05) is 6.92 Å². The number of hydrogen-bond acceptors (Lipinski definition) is 6. The molecule has 0 aliphatic heterocycles. The molecular formula is C11H19N3O3. The zero-order valence-corrected chi connectivity index (χ0v) is 10.1. The van der Waals surface area contributed by atoms with E-state index in [0.29, 0.717) is 38.1 Å². The molecule has 0 aliphatic carbocycles. The summed E-state index contributed by atoms with van der Waals surface area (Å²) < 4.78 is 10.5. The Bertz CT molecular complexity index is 310. The molecule has 0 atom stereocenters. The molecule has 6 nitrogen and oxygen atoms in total. The van der Waals surface area contributed by atoms with Crippen LogP contribution in [-0.2, 0) is 4.74 Å².